The maximum absolute atomic E-state index is 11.7. The van der Waals surface area contributed by atoms with Crippen LogP contribution in [0.2, 0.25) is 5.02 Å². The number of halogens is 1. The Labute approximate surface area is 143 Å². The standard InChI is InChI=1S/C16H15ClN2O5/c1-11-2-7-14(15(10-11)19(21)22)18-16(20)24-9-8-23-13-5-3-12(17)4-6-13/h2-7,10H,8-9H2,1H3,(H,18,20). The Hall–Kier alpha value is -2.80. The number of aryl methyl sites for hydroxylation is 1. The molecular formula is C16H15ClN2O5. The van der Waals surface area contributed by atoms with Crippen molar-refractivity contribution in [1.82, 2.24) is 0 Å². The summed E-state index contributed by atoms with van der Waals surface area (Å²) < 4.78 is 10.3. The van der Waals surface area contributed by atoms with E-state index in [1.54, 1.807) is 37.3 Å². The number of hydrogen-bond donors (Lipinski definition) is 1. The van der Waals surface area contributed by atoms with Crippen LogP contribution in [0.3, 0.4) is 0 Å². The molecule has 0 aliphatic rings. The van der Waals surface area contributed by atoms with Gasteiger partial charge in [-0.3, -0.25) is 15.4 Å². The summed E-state index contributed by atoms with van der Waals surface area (Å²) in [6.45, 7) is 1.86. The Balaban J connectivity index is 1.81. The van der Waals surface area contributed by atoms with E-state index in [0.717, 1.165) is 5.56 Å². The van der Waals surface area contributed by atoms with Crippen molar-refractivity contribution in [2.75, 3.05) is 18.5 Å². The van der Waals surface area contributed by atoms with Crippen LogP contribution in [0.25, 0.3) is 0 Å². The van der Waals surface area contributed by atoms with Crippen molar-refractivity contribution in [1.29, 1.82) is 0 Å². The van der Waals surface area contributed by atoms with E-state index in [1.165, 1.54) is 12.1 Å². The number of ether oxygens (including phenoxy) is 2. The molecule has 0 saturated heterocycles. The minimum absolute atomic E-state index is 0.00583. The number of nitrogens with one attached hydrogen (secondary N) is 1. The molecule has 0 aromatic heterocycles. The van der Waals surface area contributed by atoms with E-state index in [2.05, 4.69) is 5.32 Å². The lowest BCUT2D eigenvalue weighted by atomic mass is 10.2. The van der Waals surface area contributed by atoms with E-state index < -0.39 is 11.0 Å². The van der Waals surface area contributed by atoms with E-state index in [4.69, 9.17) is 21.1 Å². The number of amides is 1. The van der Waals surface area contributed by atoms with Crippen LogP contribution in [-0.4, -0.2) is 24.2 Å². The Kier molecular flexibility index (Phi) is 5.97. The Morgan fingerprint density at radius 1 is 1.21 bits per heavy atom. The average Bonchev–Trinajstić information content (AvgIpc) is 2.55. The molecule has 0 spiro atoms. The number of carbonyl (C=O) groups is 1. The summed E-state index contributed by atoms with van der Waals surface area (Å²) in [6.07, 6.45) is -0.790. The molecule has 0 unspecified atom stereocenters. The van der Waals surface area contributed by atoms with E-state index in [0.29, 0.717) is 10.8 Å². The first-order valence-electron chi connectivity index (χ1n) is 7.03. The molecule has 1 amide bonds. The zero-order valence-electron chi connectivity index (χ0n) is 12.8. The molecule has 0 aliphatic heterocycles. The van der Waals surface area contributed by atoms with Gasteiger partial charge in [-0.05, 0) is 42.8 Å². The number of anilines is 1. The van der Waals surface area contributed by atoms with E-state index in [9.17, 15) is 14.9 Å². The Morgan fingerprint density at radius 3 is 2.58 bits per heavy atom. The minimum atomic E-state index is -0.790. The lowest BCUT2D eigenvalue weighted by molar-refractivity contribution is -0.384. The average molecular weight is 351 g/mol. The second-order valence-electron chi connectivity index (χ2n) is 4.84. The molecule has 0 saturated carbocycles. The molecule has 24 heavy (non-hydrogen) atoms. The van der Waals surface area contributed by atoms with Crippen molar-refractivity contribution < 1.29 is 19.2 Å². The van der Waals surface area contributed by atoms with Crippen molar-refractivity contribution in [3.8, 4) is 5.75 Å². The van der Waals surface area contributed by atoms with Gasteiger partial charge in [-0.15, -0.1) is 0 Å². The molecule has 0 atom stereocenters. The third-order valence-corrected chi connectivity index (χ3v) is 3.24. The molecule has 126 valence electrons. The maximum atomic E-state index is 11.7. The highest BCUT2D eigenvalue weighted by atomic mass is 35.5. The molecule has 2 aromatic carbocycles. The minimum Gasteiger partial charge on any atom is -0.490 e. The molecule has 0 radical (unpaired) electrons. The summed E-state index contributed by atoms with van der Waals surface area (Å²) >= 11 is 5.76. The van der Waals surface area contributed by atoms with Crippen LogP contribution in [0.5, 0.6) is 5.75 Å². The van der Waals surface area contributed by atoms with Crippen LogP contribution in [0, 0.1) is 17.0 Å². The predicted molar refractivity (Wildman–Crippen MR) is 89.8 cm³/mol. The third kappa shape index (κ3) is 5.13. The first kappa shape index (κ1) is 17.6. The van der Waals surface area contributed by atoms with Gasteiger partial charge < -0.3 is 9.47 Å². The fourth-order valence-electron chi connectivity index (χ4n) is 1.87. The fourth-order valence-corrected chi connectivity index (χ4v) is 2.00. The number of nitrogens with zero attached hydrogens (tertiary/aromatic N) is 1. The molecule has 2 rings (SSSR count). The first-order chi connectivity index (χ1) is 11.5. The molecular weight excluding hydrogens is 336 g/mol. The second kappa shape index (κ2) is 8.16. The highest BCUT2D eigenvalue weighted by Gasteiger charge is 2.16. The zero-order chi connectivity index (χ0) is 17.5. The smallest absolute Gasteiger partial charge is 0.411 e. The van der Waals surface area contributed by atoms with Crippen LogP contribution in [-0.2, 0) is 4.74 Å². The number of carbonyl (C=O) groups excluding carboxylic acids is 1. The summed E-state index contributed by atoms with van der Waals surface area (Å²) in [6, 6.07) is 11.2. The van der Waals surface area contributed by atoms with Gasteiger partial charge in [0.1, 0.15) is 24.7 Å². The quantitative estimate of drug-likeness (QED) is 0.479. The van der Waals surface area contributed by atoms with Gasteiger partial charge in [-0.2, -0.15) is 0 Å². The summed E-state index contributed by atoms with van der Waals surface area (Å²) in [5.41, 5.74) is 0.607. The molecule has 0 heterocycles. The molecule has 0 aliphatic carbocycles. The lowest BCUT2D eigenvalue weighted by Crippen LogP contribution is -2.18. The van der Waals surface area contributed by atoms with Crippen LogP contribution in [0.15, 0.2) is 42.5 Å². The number of nitro benzene ring substituents is 1. The third-order valence-electron chi connectivity index (χ3n) is 2.99. The van der Waals surface area contributed by atoms with Gasteiger partial charge in [0.15, 0.2) is 0 Å². The summed E-state index contributed by atoms with van der Waals surface area (Å²) in [7, 11) is 0. The number of nitro groups is 1. The van der Waals surface area contributed by atoms with E-state index in [-0.39, 0.29) is 24.6 Å². The van der Waals surface area contributed by atoms with E-state index >= 15 is 0 Å². The Morgan fingerprint density at radius 2 is 1.92 bits per heavy atom. The van der Waals surface area contributed by atoms with Gasteiger partial charge in [0, 0.05) is 11.1 Å². The highest BCUT2D eigenvalue weighted by Crippen LogP contribution is 2.25. The normalized spacial score (nSPS) is 10.1. The number of hydrogen-bond acceptors (Lipinski definition) is 5. The summed E-state index contributed by atoms with van der Waals surface area (Å²) in [5, 5.41) is 13.9. The monoisotopic (exact) mass is 350 g/mol. The van der Waals surface area contributed by atoms with Crippen LogP contribution >= 0.6 is 11.6 Å². The van der Waals surface area contributed by atoms with E-state index in [1.807, 2.05) is 0 Å². The zero-order valence-corrected chi connectivity index (χ0v) is 13.6. The number of rotatable bonds is 6. The summed E-state index contributed by atoms with van der Waals surface area (Å²) in [4.78, 5) is 22.1. The second-order valence-corrected chi connectivity index (χ2v) is 5.28. The topological polar surface area (TPSA) is 90.7 Å². The molecule has 0 fully saturated rings. The van der Waals surface area contributed by atoms with Crippen molar-refractivity contribution in [2.45, 2.75) is 6.92 Å². The fraction of sp³-hybridized carbons (Fsp3) is 0.188. The Bertz CT molecular complexity index is 734. The maximum Gasteiger partial charge on any atom is 0.411 e. The van der Waals surface area contributed by atoms with Gasteiger partial charge in [0.05, 0.1) is 4.92 Å². The van der Waals surface area contributed by atoms with Crippen LogP contribution in [0.4, 0.5) is 16.2 Å². The molecule has 1 N–H and O–H groups in total. The van der Waals surface area contributed by atoms with Crippen molar-refractivity contribution in [2.24, 2.45) is 0 Å². The van der Waals surface area contributed by atoms with Gasteiger partial charge >= 0.3 is 6.09 Å². The molecule has 0 bridgehead atoms. The SMILES string of the molecule is Cc1ccc(NC(=O)OCCOc2ccc(Cl)cc2)c([N+](=O)[O-])c1. The predicted octanol–water partition coefficient (Wildman–Crippen LogP) is 4.18. The lowest BCUT2D eigenvalue weighted by Gasteiger charge is -2.09. The molecule has 2 aromatic rings. The van der Waals surface area contributed by atoms with Gasteiger partial charge in [-0.25, -0.2) is 4.79 Å². The summed E-state index contributed by atoms with van der Waals surface area (Å²) in [5.74, 6) is 0.595. The largest absolute Gasteiger partial charge is 0.490 e. The van der Waals surface area contributed by atoms with Crippen molar-refractivity contribution in [3.63, 3.8) is 0 Å². The molecule has 8 heteroatoms. The number of benzene rings is 2. The van der Waals surface area contributed by atoms with Crippen LogP contribution < -0.4 is 10.1 Å². The van der Waals surface area contributed by atoms with Crippen molar-refractivity contribution in [3.05, 3.63) is 63.2 Å². The van der Waals surface area contributed by atoms with Crippen molar-refractivity contribution >= 4 is 29.1 Å². The van der Waals surface area contributed by atoms with Crippen LogP contribution in [0.1, 0.15) is 5.56 Å². The first-order valence-corrected chi connectivity index (χ1v) is 7.40. The highest BCUT2D eigenvalue weighted by molar-refractivity contribution is 6.30. The molecule has 7 nitrogen and oxygen atoms in total. The van der Waals surface area contributed by atoms with Gasteiger partial charge in [0.25, 0.3) is 5.69 Å². The van der Waals surface area contributed by atoms with Gasteiger partial charge in [0.2, 0.25) is 0 Å². The van der Waals surface area contributed by atoms with Gasteiger partial charge in [-0.1, -0.05) is 17.7 Å².